The third-order valence-corrected chi connectivity index (χ3v) is 15.7. The van der Waals surface area contributed by atoms with Crippen molar-refractivity contribution < 1.29 is 38.9 Å². The van der Waals surface area contributed by atoms with Gasteiger partial charge in [0, 0.05) is 0 Å². The molecular formula is C30H48MgO8P2. The smallest absolute Gasteiger partial charge is 0.425 e. The molecule has 0 fully saturated rings. The maximum absolute atomic E-state index is 13.1. The van der Waals surface area contributed by atoms with E-state index in [1.165, 1.54) is 0 Å². The molecule has 8 nitrogen and oxygen atoms in total. The zero-order valence-corrected chi connectivity index (χ0v) is 29.8. The molecule has 0 radical (unpaired) electrons. The molecule has 0 bridgehead atoms. The maximum atomic E-state index is 13.1. The van der Waals surface area contributed by atoms with E-state index in [0.29, 0.717) is 22.3 Å². The SMILES string of the molecule is CC(C)(C)c1cc([CH]([Mg][CH](c2cc(C(C)(C)C)c(O)c(C(C)(C)C)c2)P(=O)(O)O)P(=O)(O)O)cc(C(C)(C)C)c1O. The first-order valence-corrected chi connectivity index (χ1v) is 18.8. The van der Waals surface area contributed by atoms with Crippen LogP contribution in [0.5, 0.6) is 11.5 Å². The molecule has 11 heteroatoms. The summed E-state index contributed by atoms with van der Waals surface area (Å²) in [5.74, 6) is 0.101. The molecule has 41 heavy (non-hydrogen) atoms. The van der Waals surface area contributed by atoms with Crippen LogP contribution in [0.25, 0.3) is 0 Å². The van der Waals surface area contributed by atoms with E-state index in [9.17, 15) is 38.9 Å². The van der Waals surface area contributed by atoms with Gasteiger partial charge in [0.1, 0.15) is 11.5 Å². The molecule has 0 saturated carbocycles. The lowest BCUT2D eigenvalue weighted by Crippen LogP contribution is -2.23. The van der Waals surface area contributed by atoms with E-state index in [1.807, 2.05) is 83.1 Å². The summed E-state index contributed by atoms with van der Waals surface area (Å²) in [4.78, 5) is 42.6. The van der Waals surface area contributed by atoms with Gasteiger partial charge < -0.3 is 29.8 Å². The molecule has 228 valence electrons. The summed E-state index contributed by atoms with van der Waals surface area (Å²) in [5, 5.41) is 22.3. The van der Waals surface area contributed by atoms with Gasteiger partial charge in [0.25, 0.3) is 0 Å². The molecule has 2 unspecified atom stereocenters. The lowest BCUT2D eigenvalue weighted by molar-refractivity contribution is 0.366. The van der Waals surface area contributed by atoms with Crippen LogP contribution >= 0.6 is 15.2 Å². The molecule has 2 aromatic carbocycles. The van der Waals surface area contributed by atoms with Gasteiger partial charge in [0.2, 0.25) is 0 Å². The van der Waals surface area contributed by atoms with Gasteiger partial charge in [-0.3, -0.25) is 9.13 Å². The number of phenols is 2. The third-order valence-electron chi connectivity index (χ3n) is 7.52. The van der Waals surface area contributed by atoms with E-state index in [-0.39, 0.29) is 22.6 Å². The van der Waals surface area contributed by atoms with Crippen molar-refractivity contribution in [3.05, 3.63) is 57.6 Å². The average molecular weight is 623 g/mol. The number of hydrogen-bond acceptors (Lipinski definition) is 4. The third kappa shape index (κ3) is 8.60. The van der Waals surface area contributed by atoms with Crippen molar-refractivity contribution in [3.63, 3.8) is 0 Å². The first-order chi connectivity index (χ1) is 18.0. The molecule has 6 N–H and O–H groups in total. The Hall–Kier alpha value is -0.894. The van der Waals surface area contributed by atoms with Crippen LogP contribution in [0.15, 0.2) is 24.3 Å². The molecular weight excluding hydrogens is 575 g/mol. The van der Waals surface area contributed by atoms with E-state index >= 15 is 0 Å². The fourth-order valence-electron chi connectivity index (χ4n) is 5.13. The van der Waals surface area contributed by atoms with Crippen molar-refractivity contribution in [1.82, 2.24) is 0 Å². The second-order valence-electron chi connectivity index (χ2n) is 15.4. The Labute approximate surface area is 255 Å². The Morgan fingerprint density at radius 3 is 0.854 bits per heavy atom. The second-order valence-corrected chi connectivity index (χ2v) is 22.5. The maximum Gasteiger partial charge on any atom is 0.425 e. The highest BCUT2D eigenvalue weighted by Gasteiger charge is 2.44. The minimum atomic E-state index is -4.91. The minimum absolute atomic E-state index is 0.0505. The van der Waals surface area contributed by atoms with Crippen LogP contribution in [0.2, 0.25) is 0 Å². The summed E-state index contributed by atoms with van der Waals surface area (Å²) in [6.07, 6.45) is 0. The monoisotopic (exact) mass is 622 g/mol. The van der Waals surface area contributed by atoms with Gasteiger partial charge in [0.15, 0.2) is 0 Å². The van der Waals surface area contributed by atoms with Gasteiger partial charge in [-0.15, -0.1) is 0 Å². The fraction of sp³-hybridized carbons (Fsp3) is 0.600. The minimum Gasteiger partial charge on any atom is -0.507 e. The van der Waals surface area contributed by atoms with Gasteiger partial charge in [-0.05, 0) is 51.5 Å². The predicted molar refractivity (Wildman–Crippen MR) is 166 cm³/mol. The molecule has 2 atom stereocenters. The van der Waals surface area contributed by atoms with E-state index < -0.39 is 64.8 Å². The van der Waals surface area contributed by atoms with Crippen molar-refractivity contribution in [2.45, 2.75) is 112 Å². The summed E-state index contributed by atoms with van der Waals surface area (Å²) >= 11 is -2.32. The highest BCUT2D eigenvalue weighted by atomic mass is 31.2. The van der Waals surface area contributed by atoms with Gasteiger partial charge in [-0.1, -0.05) is 118 Å². The lowest BCUT2D eigenvalue weighted by atomic mass is 9.78. The topological polar surface area (TPSA) is 156 Å². The second kappa shape index (κ2) is 11.6. The van der Waals surface area contributed by atoms with Gasteiger partial charge >= 0.3 is 35.6 Å². The van der Waals surface area contributed by atoms with Crippen LogP contribution < -0.4 is 0 Å². The Bertz CT molecular complexity index is 1200. The molecule has 2 aromatic rings. The summed E-state index contributed by atoms with van der Waals surface area (Å²) in [7, 11) is -9.82. The zero-order chi connectivity index (χ0) is 32.3. The van der Waals surface area contributed by atoms with Crippen LogP contribution in [-0.2, 0) is 30.8 Å². The van der Waals surface area contributed by atoms with E-state index in [2.05, 4.69) is 0 Å². The highest BCUT2D eigenvalue weighted by Crippen LogP contribution is 2.60. The molecule has 0 heterocycles. The molecule has 0 aliphatic rings. The fourth-order valence-corrected chi connectivity index (χ4v) is 11.6. The molecule has 0 saturated heterocycles. The summed E-state index contributed by atoms with van der Waals surface area (Å²) in [6.45, 7) is 22.7. The number of benzene rings is 2. The van der Waals surface area contributed by atoms with Gasteiger partial charge in [-0.25, -0.2) is 0 Å². The number of phenolic OH excluding ortho intramolecular Hbond substituents is 2. The molecule has 0 amide bonds. The normalized spacial score (nSPS) is 15.4. The molecule has 2 rings (SSSR count). The van der Waals surface area contributed by atoms with Crippen LogP contribution in [0, 0.1) is 0 Å². The highest BCUT2D eigenvalue weighted by molar-refractivity contribution is 7.57. The molecule has 0 aliphatic heterocycles. The van der Waals surface area contributed by atoms with Crippen LogP contribution in [0.1, 0.15) is 124 Å². The molecule has 0 spiro atoms. The first kappa shape index (κ1) is 36.3. The predicted octanol–water partition coefficient (Wildman–Crippen LogP) is 7.04. The molecule has 0 aliphatic carbocycles. The van der Waals surface area contributed by atoms with Gasteiger partial charge in [-0.2, -0.15) is 0 Å². The van der Waals surface area contributed by atoms with Gasteiger partial charge in [0.05, 0.1) is 0 Å². The lowest BCUT2D eigenvalue weighted by Gasteiger charge is -2.32. The Kier molecular flexibility index (Phi) is 10.2. The molecule has 0 aromatic heterocycles. The zero-order valence-electron chi connectivity index (χ0n) is 26.6. The standard InChI is InChI=1S/2C15H24O4P.Mg/c2*1-14(2,3)11-7-10(9-20(17,18)19)8-12(13(11)16)15(4,5)6;/h2*7-9,16H,1-6H3,(H2,17,18,19);. The largest absolute Gasteiger partial charge is 0.507 e. The number of aromatic hydroxyl groups is 2. The Balaban J connectivity index is 2.96. The van der Waals surface area contributed by atoms with E-state index in [4.69, 9.17) is 0 Å². The van der Waals surface area contributed by atoms with Crippen LogP contribution in [0.4, 0.5) is 0 Å². The van der Waals surface area contributed by atoms with Crippen molar-refractivity contribution >= 4 is 35.6 Å². The van der Waals surface area contributed by atoms with Crippen molar-refractivity contribution in [2.24, 2.45) is 0 Å². The summed E-state index contributed by atoms with van der Waals surface area (Å²) in [6, 6.07) is 6.32. The number of rotatable bonds is 6. The van der Waals surface area contributed by atoms with Crippen molar-refractivity contribution in [2.75, 3.05) is 0 Å². The van der Waals surface area contributed by atoms with E-state index in [0.717, 1.165) is 0 Å². The average Bonchev–Trinajstić information content (AvgIpc) is 2.70. The van der Waals surface area contributed by atoms with Crippen LogP contribution in [0.3, 0.4) is 0 Å². The van der Waals surface area contributed by atoms with Crippen molar-refractivity contribution in [1.29, 1.82) is 0 Å². The van der Waals surface area contributed by atoms with E-state index in [1.54, 1.807) is 24.3 Å². The quantitative estimate of drug-likeness (QED) is 0.148. The van der Waals surface area contributed by atoms with Crippen molar-refractivity contribution in [3.8, 4) is 11.5 Å². The summed E-state index contributed by atoms with van der Waals surface area (Å²) < 4.78 is 23.4. The van der Waals surface area contributed by atoms with Crippen LogP contribution in [-0.4, -0.2) is 50.2 Å². The first-order valence-electron chi connectivity index (χ1n) is 13.8. The Morgan fingerprint density at radius 2 is 0.707 bits per heavy atom. The summed E-state index contributed by atoms with van der Waals surface area (Å²) in [5.41, 5.74) is 0.305. The number of hydrogen-bond donors (Lipinski definition) is 6. The Morgan fingerprint density at radius 1 is 0.512 bits per heavy atom.